The van der Waals surface area contributed by atoms with Gasteiger partial charge in [0, 0.05) is 5.69 Å². The summed E-state index contributed by atoms with van der Waals surface area (Å²) in [7, 11) is 0. The average molecular weight is 167 g/mol. The first-order chi connectivity index (χ1) is 5.69. The first-order valence-corrected chi connectivity index (χ1v) is 4.25. The molecule has 0 aliphatic carbocycles. The minimum atomic E-state index is -0.0887. The standard InChI is InChI=1S/C10H14FN/c1-3-7-5-9(12)6-8(4-2)10(7)11/h5-6H,3-4,12H2,1-2H3. The van der Waals surface area contributed by atoms with E-state index < -0.39 is 0 Å². The molecule has 0 spiro atoms. The molecule has 0 fully saturated rings. The molecular weight excluding hydrogens is 153 g/mol. The van der Waals surface area contributed by atoms with Crippen molar-refractivity contribution in [3.8, 4) is 0 Å². The van der Waals surface area contributed by atoms with Crippen LogP contribution in [0.15, 0.2) is 12.1 Å². The van der Waals surface area contributed by atoms with Gasteiger partial charge in [0.2, 0.25) is 0 Å². The monoisotopic (exact) mass is 167 g/mol. The lowest BCUT2D eigenvalue weighted by Crippen LogP contribution is -1.98. The summed E-state index contributed by atoms with van der Waals surface area (Å²) in [5.41, 5.74) is 7.70. The van der Waals surface area contributed by atoms with Crippen molar-refractivity contribution in [3.63, 3.8) is 0 Å². The predicted octanol–water partition coefficient (Wildman–Crippen LogP) is 2.53. The van der Waals surface area contributed by atoms with Crippen LogP contribution in [0.25, 0.3) is 0 Å². The van der Waals surface area contributed by atoms with Gasteiger partial charge in [-0.25, -0.2) is 4.39 Å². The van der Waals surface area contributed by atoms with Crippen LogP contribution in [0, 0.1) is 5.82 Å². The van der Waals surface area contributed by atoms with Crippen LogP contribution in [0.2, 0.25) is 0 Å². The molecule has 0 aliphatic heterocycles. The first-order valence-electron chi connectivity index (χ1n) is 4.25. The van der Waals surface area contributed by atoms with Crippen LogP contribution in [0.5, 0.6) is 0 Å². The molecule has 0 saturated carbocycles. The average Bonchev–Trinajstić information content (AvgIpc) is 2.08. The molecule has 1 aromatic rings. The van der Waals surface area contributed by atoms with E-state index in [2.05, 4.69) is 0 Å². The number of aryl methyl sites for hydroxylation is 2. The summed E-state index contributed by atoms with van der Waals surface area (Å²) in [4.78, 5) is 0. The van der Waals surface area contributed by atoms with Crippen LogP contribution in [-0.4, -0.2) is 0 Å². The van der Waals surface area contributed by atoms with Gasteiger partial charge in [0.15, 0.2) is 0 Å². The SMILES string of the molecule is CCc1cc(N)cc(CC)c1F. The summed E-state index contributed by atoms with van der Waals surface area (Å²) in [5.74, 6) is -0.0887. The van der Waals surface area contributed by atoms with Gasteiger partial charge in [-0.05, 0) is 36.1 Å². The van der Waals surface area contributed by atoms with E-state index in [0.717, 1.165) is 0 Å². The van der Waals surface area contributed by atoms with Crippen LogP contribution in [0.1, 0.15) is 25.0 Å². The smallest absolute Gasteiger partial charge is 0.129 e. The summed E-state index contributed by atoms with van der Waals surface area (Å²) < 4.78 is 13.4. The molecule has 1 rings (SSSR count). The Kier molecular flexibility index (Phi) is 2.69. The Morgan fingerprint density at radius 1 is 1.17 bits per heavy atom. The van der Waals surface area contributed by atoms with E-state index in [1.54, 1.807) is 12.1 Å². The molecule has 0 heterocycles. The highest BCUT2D eigenvalue weighted by Gasteiger charge is 2.06. The quantitative estimate of drug-likeness (QED) is 0.673. The lowest BCUT2D eigenvalue weighted by Gasteiger charge is -2.06. The van der Waals surface area contributed by atoms with Gasteiger partial charge in [0.1, 0.15) is 5.82 Å². The van der Waals surface area contributed by atoms with E-state index in [-0.39, 0.29) is 5.82 Å². The van der Waals surface area contributed by atoms with E-state index >= 15 is 0 Å². The van der Waals surface area contributed by atoms with Crippen LogP contribution in [0.3, 0.4) is 0 Å². The van der Waals surface area contributed by atoms with Crippen LogP contribution >= 0.6 is 0 Å². The van der Waals surface area contributed by atoms with E-state index in [9.17, 15) is 4.39 Å². The number of hydrogen-bond acceptors (Lipinski definition) is 1. The van der Waals surface area contributed by atoms with Crippen molar-refractivity contribution in [2.75, 3.05) is 5.73 Å². The Morgan fingerprint density at radius 2 is 1.58 bits per heavy atom. The zero-order valence-electron chi connectivity index (χ0n) is 7.52. The van der Waals surface area contributed by atoms with Crippen molar-refractivity contribution in [3.05, 3.63) is 29.1 Å². The molecule has 2 N–H and O–H groups in total. The molecule has 1 aromatic carbocycles. The summed E-state index contributed by atoms with van der Waals surface area (Å²) >= 11 is 0. The molecule has 12 heavy (non-hydrogen) atoms. The van der Waals surface area contributed by atoms with Crippen molar-refractivity contribution >= 4 is 5.69 Å². The van der Waals surface area contributed by atoms with E-state index in [4.69, 9.17) is 5.73 Å². The summed E-state index contributed by atoms with van der Waals surface area (Å²) in [6, 6.07) is 3.41. The largest absolute Gasteiger partial charge is 0.399 e. The number of nitrogens with two attached hydrogens (primary N) is 1. The normalized spacial score (nSPS) is 10.2. The molecule has 0 saturated heterocycles. The van der Waals surface area contributed by atoms with E-state index in [1.807, 2.05) is 13.8 Å². The Labute approximate surface area is 72.4 Å². The minimum absolute atomic E-state index is 0.0887. The summed E-state index contributed by atoms with van der Waals surface area (Å²) in [5, 5.41) is 0. The molecule has 0 bridgehead atoms. The molecule has 0 atom stereocenters. The second-order valence-corrected chi connectivity index (χ2v) is 2.86. The van der Waals surface area contributed by atoms with E-state index in [0.29, 0.717) is 29.7 Å². The Hall–Kier alpha value is -1.05. The number of nitrogen functional groups attached to an aromatic ring is 1. The van der Waals surface area contributed by atoms with Gasteiger partial charge in [0.05, 0.1) is 0 Å². The van der Waals surface area contributed by atoms with Crippen molar-refractivity contribution in [1.29, 1.82) is 0 Å². The maximum absolute atomic E-state index is 13.4. The zero-order chi connectivity index (χ0) is 9.14. The van der Waals surface area contributed by atoms with Gasteiger partial charge in [-0.2, -0.15) is 0 Å². The second-order valence-electron chi connectivity index (χ2n) is 2.86. The van der Waals surface area contributed by atoms with Gasteiger partial charge in [-0.3, -0.25) is 0 Å². The maximum Gasteiger partial charge on any atom is 0.129 e. The second kappa shape index (κ2) is 3.57. The summed E-state index contributed by atoms with van der Waals surface area (Å²) in [6.45, 7) is 3.86. The Bertz CT molecular complexity index is 256. The number of anilines is 1. The van der Waals surface area contributed by atoms with Gasteiger partial charge >= 0.3 is 0 Å². The predicted molar refractivity (Wildman–Crippen MR) is 49.6 cm³/mol. The summed E-state index contributed by atoms with van der Waals surface area (Å²) in [6.07, 6.45) is 1.40. The third-order valence-corrected chi connectivity index (χ3v) is 2.01. The topological polar surface area (TPSA) is 26.0 Å². The maximum atomic E-state index is 13.4. The van der Waals surface area contributed by atoms with Gasteiger partial charge in [0.25, 0.3) is 0 Å². The third kappa shape index (κ3) is 1.58. The zero-order valence-corrected chi connectivity index (χ0v) is 7.52. The van der Waals surface area contributed by atoms with Crippen molar-refractivity contribution < 1.29 is 4.39 Å². The fourth-order valence-corrected chi connectivity index (χ4v) is 1.29. The highest BCUT2D eigenvalue weighted by atomic mass is 19.1. The molecule has 2 heteroatoms. The van der Waals surface area contributed by atoms with Crippen molar-refractivity contribution in [2.24, 2.45) is 0 Å². The molecule has 1 nitrogen and oxygen atoms in total. The molecule has 0 radical (unpaired) electrons. The number of benzene rings is 1. The lowest BCUT2D eigenvalue weighted by atomic mass is 10.0. The molecule has 0 aromatic heterocycles. The number of hydrogen-bond donors (Lipinski definition) is 1. The van der Waals surface area contributed by atoms with Crippen LogP contribution in [-0.2, 0) is 12.8 Å². The molecule has 0 aliphatic rings. The highest BCUT2D eigenvalue weighted by molar-refractivity contribution is 5.45. The molecule has 66 valence electrons. The fourth-order valence-electron chi connectivity index (χ4n) is 1.29. The molecular formula is C10H14FN. The van der Waals surface area contributed by atoms with Gasteiger partial charge in [-0.1, -0.05) is 13.8 Å². The molecule has 0 unspecified atom stereocenters. The van der Waals surface area contributed by atoms with Crippen LogP contribution in [0.4, 0.5) is 10.1 Å². The van der Waals surface area contributed by atoms with Crippen LogP contribution < -0.4 is 5.73 Å². The highest BCUT2D eigenvalue weighted by Crippen LogP contribution is 2.18. The Balaban J connectivity index is 3.22. The van der Waals surface area contributed by atoms with Gasteiger partial charge in [-0.15, -0.1) is 0 Å². The van der Waals surface area contributed by atoms with Crippen molar-refractivity contribution in [2.45, 2.75) is 26.7 Å². The number of halogens is 1. The van der Waals surface area contributed by atoms with Crippen molar-refractivity contribution in [1.82, 2.24) is 0 Å². The van der Waals surface area contributed by atoms with E-state index in [1.165, 1.54) is 0 Å². The number of rotatable bonds is 2. The van der Waals surface area contributed by atoms with Gasteiger partial charge < -0.3 is 5.73 Å². The third-order valence-electron chi connectivity index (χ3n) is 2.01. The molecule has 0 amide bonds. The lowest BCUT2D eigenvalue weighted by molar-refractivity contribution is 0.597. The Morgan fingerprint density at radius 3 is 1.92 bits per heavy atom. The fraction of sp³-hybridized carbons (Fsp3) is 0.400. The minimum Gasteiger partial charge on any atom is -0.399 e. The first kappa shape index (κ1) is 9.04.